The summed E-state index contributed by atoms with van der Waals surface area (Å²) in [5, 5.41) is 0. The third kappa shape index (κ3) is 4.75. The molecule has 2 saturated heterocycles. The Balaban J connectivity index is 1.55. The zero-order valence-corrected chi connectivity index (χ0v) is 12.0. The van der Waals surface area contributed by atoms with Crippen molar-refractivity contribution < 1.29 is 14.3 Å². The molecule has 0 aromatic carbocycles. The average Bonchev–Trinajstić information content (AvgIpc) is 2.98. The number of amides is 1. The second kappa shape index (κ2) is 7.82. The number of rotatable bonds is 6. The number of hydrogen-bond acceptors (Lipinski definition) is 4. The van der Waals surface area contributed by atoms with E-state index < -0.39 is 0 Å². The molecule has 0 spiro atoms. The number of hydrogen-bond donors (Lipinski definition) is 0. The molecule has 0 bridgehead atoms. The Labute approximate surface area is 115 Å². The van der Waals surface area contributed by atoms with E-state index in [1.807, 2.05) is 11.9 Å². The second-order valence-electron chi connectivity index (χ2n) is 5.48. The Bertz CT molecular complexity index is 274. The van der Waals surface area contributed by atoms with Gasteiger partial charge in [0.2, 0.25) is 5.91 Å². The fraction of sp³-hybridized carbons (Fsp3) is 0.929. The van der Waals surface area contributed by atoms with Crippen molar-refractivity contribution in [3.05, 3.63) is 0 Å². The molecule has 1 amide bonds. The summed E-state index contributed by atoms with van der Waals surface area (Å²) in [6.07, 6.45) is 3.11. The zero-order chi connectivity index (χ0) is 13.5. The van der Waals surface area contributed by atoms with Gasteiger partial charge in [-0.1, -0.05) is 0 Å². The molecule has 0 radical (unpaired) electrons. The first-order valence-corrected chi connectivity index (χ1v) is 7.40. The van der Waals surface area contributed by atoms with Gasteiger partial charge in [-0.05, 0) is 25.8 Å². The van der Waals surface area contributed by atoms with Crippen molar-refractivity contribution in [1.82, 2.24) is 9.80 Å². The van der Waals surface area contributed by atoms with Crippen LogP contribution < -0.4 is 0 Å². The van der Waals surface area contributed by atoms with Crippen LogP contribution >= 0.6 is 0 Å². The number of morpholine rings is 1. The van der Waals surface area contributed by atoms with Gasteiger partial charge >= 0.3 is 0 Å². The molecule has 110 valence electrons. The maximum absolute atomic E-state index is 12.1. The van der Waals surface area contributed by atoms with Crippen LogP contribution in [0.4, 0.5) is 0 Å². The van der Waals surface area contributed by atoms with Gasteiger partial charge in [-0.3, -0.25) is 9.69 Å². The van der Waals surface area contributed by atoms with E-state index in [4.69, 9.17) is 9.47 Å². The quantitative estimate of drug-likeness (QED) is 0.663. The highest BCUT2D eigenvalue weighted by atomic mass is 16.5. The summed E-state index contributed by atoms with van der Waals surface area (Å²) in [5.74, 6) is 0.355. The minimum absolute atomic E-state index is 0.101. The van der Waals surface area contributed by atoms with Crippen LogP contribution in [0.1, 0.15) is 19.3 Å². The molecule has 0 unspecified atom stereocenters. The maximum Gasteiger partial charge on any atom is 0.227 e. The first-order valence-electron chi connectivity index (χ1n) is 7.40. The highest BCUT2D eigenvalue weighted by Crippen LogP contribution is 2.15. The Morgan fingerprint density at radius 3 is 2.68 bits per heavy atom. The van der Waals surface area contributed by atoms with Crippen molar-refractivity contribution in [2.24, 2.45) is 5.92 Å². The normalized spacial score (nSPS) is 24.6. The Morgan fingerprint density at radius 2 is 2.00 bits per heavy atom. The van der Waals surface area contributed by atoms with Crippen molar-refractivity contribution in [1.29, 1.82) is 0 Å². The van der Waals surface area contributed by atoms with E-state index in [1.165, 1.54) is 0 Å². The van der Waals surface area contributed by atoms with E-state index in [-0.39, 0.29) is 11.8 Å². The van der Waals surface area contributed by atoms with Crippen LogP contribution in [0.5, 0.6) is 0 Å². The molecule has 5 heteroatoms. The molecule has 0 saturated carbocycles. The van der Waals surface area contributed by atoms with E-state index in [0.717, 1.165) is 65.3 Å². The summed E-state index contributed by atoms with van der Waals surface area (Å²) in [6, 6.07) is 0. The second-order valence-corrected chi connectivity index (χ2v) is 5.48. The molecule has 2 aliphatic rings. The minimum atomic E-state index is 0.101. The lowest BCUT2D eigenvalue weighted by Gasteiger charge is -2.27. The van der Waals surface area contributed by atoms with E-state index in [9.17, 15) is 4.79 Å². The third-order valence-electron chi connectivity index (χ3n) is 3.98. The topological polar surface area (TPSA) is 42.0 Å². The summed E-state index contributed by atoms with van der Waals surface area (Å²) < 4.78 is 10.6. The fourth-order valence-corrected chi connectivity index (χ4v) is 2.66. The number of ether oxygens (including phenoxy) is 2. The van der Waals surface area contributed by atoms with Crippen LogP contribution in [-0.2, 0) is 14.3 Å². The van der Waals surface area contributed by atoms with Gasteiger partial charge in [0, 0.05) is 33.3 Å². The molecule has 2 rings (SSSR count). The molecule has 0 N–H and O–H groups in total. The lowest BCUT2D eigenvalue weighted by molar-refractivity contribution is -0.134. The predicted octanol–water partition coefficient (Wildman–Crippen LogP) is 0.594. The van der Waals surface area contributed by atoms with Crippen molar-refractivity contribution >= 4 is 5.91 Å². The summed E-state index contributed by atoms with van der Waals surface area (Å²) in [7, 11) is 1.91. The first-order chi connectivity index (χ1) is 9.27. The van der Waals surface area contributed by atoms with Crippen LogP contribution in [0.25, 0.3) is 0 Å². The molecule has 2 aliphatic heterocycles. The van der Waals surface area contributed by atoms with Crippen molar-refractivity contribution in [3.63, 3.8) is 0 Å². The van der Waals surface area contributed by atoms with Crippen LogP contribution in [0.3, 0.4) is 0 Å². The van der Waals surface area contributed by atoms with Gasteiger partial charge in [0.05, 0.1) is 25.7 Å². The number of carbonyl (C=O) groups excluding carboxylic acids is 1. The number of nitrogens with zero attached hydrogens (tertiary/aromatic N) is 2. The standard InChI is InChI=1S/C14H26N2O3/c1-15(14(17)13-4-9-19-12-13)5-2-3-6-16-7-10-18-11-8-16/h13H,2-12H2,1H3/t13-/m1/s1. The molecular weight excluding hydrogens is 244 g/mol. The Hall–Kier alpha value is -0.650. The zero-order valence-electron chi connectivity index (χ0n) is 12.0. The first kappa shape index (κ1) is 14.8. The molecule has 0 aromatic heterocycles. The molecule has 2 fully saturated rings. The summed E-state index contributed by atoms with van der Waals surface area (Å²) in [6.45, 7) is 7.15. The van der Waals surface area contributed by atoms with E-state index >= 15 is 0 Å². The third-order valence-corrected chi connectivity index (χ3v) is 3.98. The number of unbranched alkanes of at least 4 members (excludes halogenated alkanes) is 1. The maximum atomic E-state index is 12.1. The average molecular weight is 270 g/mol. The summed E-state index contributed by atoms with van der Waals surface area (Å²) in [5.41, 5.74) is 0. The highest BCUT2D eigenvalue weighted by Gasteiger charge is 2.25. The van der Waals surface area contributed by atoms with Gasteiger partial charge in [0.25, 0.3) is 0 Å². The van der Waals surface area contributed by atoms with Gasteiger partial charge in [-0.2, -0.15) is 0 Å². The Kier molecular flexibility index (Phi) is 6.07. The molecule has 5 nitrogen and oxygen atoms in total. The molecule has 19 heavy (non-hydrogen) atoms. The van der Waals surface area contributed by atoms with E-state index in [1.54, 1.807) is 0 Å². The minimum Gasteiger partial charge on any atom is -0.381 e. The molecular formula is C14H26N2O3. The lowest BCUT2D eigenvalue weighted by Crippen LogP contribution is -2.37. The van der Waals surface area contributed by atoms with Crippen LogP contribution in [0.2, 0.25) is 0 Å². The SMILES string of the molecule is CN(CCCCN1CCOCC1)C(=O)[C@@H]1CCOC1. The van der Waals surface area contributed by atoms with Crippen LogP contribution in [0.15, 0.2) is 0 Å². The highest BCUT2D eigenvalue weighted by molar-refractivity contribution is 5.78. The van der Waals surface area contributed by atoms with Gasteiger partial charge in [0.15, 0.2) is 0 Å². The summed E-state index contributed by atoms with van der Waals surface area (Å²) >= 11 is 0. The van der Waals surface area contributed by atoms with Gasteiger partial charge in [-0.15, -0.1) is 0 Å². The van der Waals surface area contributed by atoms with Gasteiger partial charge in [0.1, 0.15) is 0 Å². The fourth-order valence-electron chi connectivity index (χ4n) is 2.66. The largest absolute Gasteiger partial charge is 0.381 e. The van der Waals surface area contributed by atoms with E-state index in [2.05, 4.69) is 4.90 Å². The predicted molar refractivity (Wildman–Crippen MR) is 73.1 cm³/mol. The molecule has 2 heterocycles. The summed E-state index contributed by atoms with van der Waals surface area (Å²) in [4.78, 5) is 16.4. The molecule has 0 aromatic rings. The monoisotopic (exact) mass is 270 g/mol. The smallest absolute Gasteiger partial charge is 0.227 e. The molecule has 0 aliphatic carbocycles. The number of carbonyl (C=O) groups is 1. The van der Waals surface area contributed by atoms with Crippen LogP contribution in [0, 0.1) is 5.92 Å². The van der Waals surface area contributed by atoms with E-state index in [0.29, 0.717) is 6.61 Å². The van der Waals surface area contributed by atoms with Crippen molar-refractivity contribution in [2.75, 3.05) is 59.7 Å². The van der Waals surface area contributed by atoms with Crippen molar-refractivity contribution in [2.45, 2.75) is 19.3 Å². The molecule has 1 atom stereocenters. The van der Waals surface area contributed by atoms with Gasteiger partial charge < -0.3 is 14.4 Å². The lowest BCUT2D eigenvalue weighted by atomic mass is 10.1. The van der Waals surface area contributed by atoms with Crippen molar-refractivity contribution in [3.8, 4) is 0 Å². The Morgan fingerprint density at radius 1 is 1.21 bits per heavy atom. The van der Waals surface area contributed by atoms with Gasteiger partial charge in [-0.25, -0.2) is 0 Å². The van der Waals surface area contributed by atoms with Crippen LogP contribution in [-0.4, -0.2) is 75.4 Å².